The fourth-order valence-corrected chi connectivity index (χ4v) is 4.23. The van der Waals surface area contributed by atoms with E-state index >= 15 is 0 Å². The van der Waals surface area contributed by atoms with Gasteiger partial charge in [0.25, 0.3) is 0 Å². The molecule has 0 amide bonds. The minimum absolute atomic E-state index is 0.197. The highest BCUT2D eigenvalue weighted by molar-refractivity contribution is 6.35. The molecule has 2 fully saturated rings. The molecule has 2 aliphatic rings. The van der Waals surface area contributed by atoms with Gasteiger partial charge in [-0.2, -0.15) is 0 Å². The Hall–Kier alpha value is -0.320. The molecule has 0 spiro atoms. The van der Waals surface area contributed by atoms with Crippen molar-refractivity contribution in [2.75, 3.05) is 32.7 Å². The van der Waals surface area contributed by atoms with Crippen LogP contribution in [0.3, 0.4) is 0 Å². The first-order valence-corrected chi connectivity index (χ1v) is 8.57. The van der Waals surface area contributed by atoms with Gasteiger partial charge in [-0.05, 0) is 50.0 Å². The molecule has 1 aromatic rings. The number of benzene rings is 1. The molecule has 0 bridgehead atoms. The summed E-state index contributed by atoms with van der Waals surface area (Å²) < 4.78 is 0. The molecule has 21 heavy (non-hydrogen) atoms. The van der Waals surface area contributed by atoms with Crippen LogP contribution in [-0.2, 0) is 0 Å². The molecular weight excluding hydrogens is 305 g/mol. The summed E-state index contributed by atoms with van der Waals surface area (Å²) in [5.41, 5.74) is 7.15. The second-order valence-electron chi connectivity index (χ2n) is 6.10. The number of halogens is 2. The summed E-state index contributed by atoms with van der Waals surface area (Å²) in [6, 6.07) is 6.62. The zero-order valence-corrected chi connectivity index (χ0v) is 13.8. The van der Waals surface area contributed by atoms with Crippen molar-refractivity contribution >= 4 is 23.2 Å². The smallest absolute Gasteiger partial charge is 0.0485 e. The molecule has 2 atom stereocenters. The summed E-state index contributed by atoms with van der Waals surface area (Å²) in [6.07, 6.45) is 3.93. The van der Waals surface area contributed by atoms with Gasteiger partial charge in [-0.3, -0.25) is 9.80 Å². The van der Waals surface area contributed by atoms with E-state index in [2.05, 4.69) is 9.80 Å². The summed E-state index contributed by atoms with van der Waals surface area (Å²) in [5, 5.41) is 1.40. The second kappa shape index (κ2) is 6.84. The van der Waals surface area contributed by atoms with E-state index in [1.54, 1.807) is 0 Å². The van der Waals surface area contributed by atoms with Crippen molar-refractivity contribution in [3.05, 3.63) is 33.8 Å². The Morgan fingerprint density at radius 3 is 2.62 bits per heavy atom. The number of nitrogens with two attached hydrogens (primary N) is 1. The van der Waals surface area contributed by atoms with Gasteiger partial charge in [-0.1, -0.05) is 29.3 Å². The van der Waals surface area contributed by atoms with E-state index in [-0.39, 0.29) is 6.04 Å². The Bertz CT molecular complexity index is 488. The van der Waals surface area contributed by atoms with Gasteiger partial charge in [0.1, 0.15) is 0 Å². The molecular formula is C16H23Cl2N3. The van der Waals surface area contributed by atoms with Crippen molar-refractivity contribution in [1.29, 1.82) is 0 Å². The molecule has 3 rings (SSSR count). The summed E-state index contributed by atoms with van der Waals surface area (Å²) in [5.74, 6) is 0. The maximum Gasteiger partial charge on any atom is 0.0485 e. The quantitative estimate of drug-likeness (QED) is 0.921. The molecule has 2 aliphatic heterocycles. The maximum absolute atomic E-state index is 6.37. The Balaban J connectivity index is 1.72. The predicted molar refractivity (Wildman–Crippen MR) is 89.0 cm³/mol. The van der Waals surface area contributed by atoms with Crippen LogP contribution in [-0.4, -0.2) is 48.6 Å². The third kappa shape index (κ3) is 3.38. The summed E-state index contributed by atoms with van der Waals surface area (Å²) in [7, 11) is 0. The number of rotatable bonds is 4. The van der Waals surface area contributed by atoms with Gasteiger partial charge in [0, 0.05) is 41.8 Å². The normalized spacial score (nSPS) is 25.6. The lowest BCUT2D eigenvalue weighted by atomic mass is 10.1. The van der Waals surface area contributed by atoms with Crippen LogP contribution in [0.15, 0.2) is 18.2 Å². The van der Waals surface area contributed by atoms with E-state index in [1.807, 2.05) is 18.2 Å². The molecule has 1 aromatic carbocycles. The van der Waals surface area contributed by atoms with Crippen molar-refractivity contribution < 1.29 is 0 Å². The Labute approximate surface area is 137 Å². The van der Waals surface area contributed by atoms with Crippen LogP contribution < -0.4 is 5.73 Å². The maximum atomic E-state index is 6.37. The Morgan fingerprint density at radius 1 is 1.19 bits per heavy atom. The van der Waals surface area contributed by atoms with E-state index in [1.165, 1.54) is 32.4 Å². The predicted octanol–water partition coefficient (Wildman–Crippen LogP) is 3.16. The first-order valence-electron chi connectivity index (χ1n) is 7.82. The average molecular weight is 328 g/mol. The Morgan fingerprint density at radius 2 is 1.95 bits per heavy atom. The number of likely N-dealkylation sites (tertiary alicyclic amines) is 2. The molecule has 2 N–H and O–H groups in total. The highest BCUT2D eigenvalue weighted by Gasteiger charge is 2.33. The van der Waals surface area contributed by atoms with E-state index in [9.17, 15) is 0 Å². The molecule has 2 heterocycles. The highest BCUT2D eigenvalue weighted by Crippen LogP contribution is 2.32. The van der Waals surface area contributed by atoms with Gasteiger partial charge >= 0.3 is 0 Å². The van der Waals surface area contributed by atoms with Crippen LogP contribution in [0.25, 0.3) is 0 Å². The van der Waals surface area contributed by atoms with Gasteiger partial charge in [0.2, 0.25) is 0 Å². The molecule has 5 heteroatoms. The molecule has 116 valence electrons. The van der Waals surface area contributed by atoms with Crippen molar-refractivity contribution in [2.45, 2.75) is 31.3 Å². The van der Waals surface area contributed by atoms with E-state index in [0.717, 1.165) is 23.7 Å². The fourth-order valence-electron chi connectivity index (χ4n) is 3.70. The molecule has 0 aromatic heterocycles. The first kappa shape index (κ1) is 15.6. The van der Waals surface area contributed by atoms with Crippen LogP contribution >= 0.6 is 23.2 Å². The SMILES string of the molecule is NCC(c1ccc(Cl)cc1Cl)N1CCC(N2CCCC2)C1. The first-order chi connectivity index (χ1) is 10.2. The van der Waals surface area contributed by atoms with Gasteiger partial charge in [0.15, 0.2) is 0 Å². The fraction of sp³-hybridized carbons (Fsp3) is 0.625. The third-order valence-electron chi connectivity index (χ3n) is 4.84. The van der Waals surface area contributed by atoms with Crippen molar-refractivity contribution in [3.63, 3.8) is 0 Å². The van der Waals surface area contributed by atoms with Gasteiger partial charge in [0.05, 0.1) is 0 Å². The zero-order valence-electron chi connectivity index (χ0n) is 12.3. The second-order valence-corrected chi connectivity index (χ2v) is 6.94. The molecule has 0 aliphatic carbocycles. The van der Waals surface area contributed by atoms with Gasteiger partial charge in [-0.25, -0.2) is 0 Å². The largest absolute Gasteiger partial charge is 0.329 e. The summed E-state index contributed by atoms with van der Waals surface area (Å²) in [4.78, 5) is 5.12. The van der Waals surface area contributed by atoms with E-state index < -0.39 is 0 Å². The molecule has 0 saturated carbocycles. The molecule has 3 nitrogen and oxygen atoms in total. The summed E-state index contributed by atoms with van der Waals surface area (Å²) >= 11 is 12.4. The number of hydrogen-bond acceptors (Lipinski definition) is 3. The number of hydrogen-bond donors (Lipinski definition) is 1. The summed E-state index contributed by atoms with van der Waals surface area (Å²) in [6.45, 7) is 5.30. The third-order valence-corrected chi connectivity index (χ3v) is 5.40. The molecule has 2 unspecified atom stereocenters. The molecule has 0 radical (unpaired) electrons. The van der Waals surface area contributed by atoms with E-state index in [0.29, 0.717) is 17.6 Å². The number of nitrogens with zero attached hydrogens (tertiary/aromatic N) is 2. The standard InChI is InChI=1S/C16H23Cl2N3/c17-12-3-4-14(15(18)9-12)16(10-19)21-8-5-13(11-21)20-6-1-2-7-20/h3-4,9,13,16H,1-2,5-8,10-11,19H2. The monoisotopic (exact) mass is 327 g/mol. The van der Waals surface area contributed by atoms with Gasteiger partial charge < -0.3 is 5.73 Å². The minimum Gasteiger partial charge on any atom is -0.329 e. The average Bonchev–Trinajstić information content (AvgIpc) is 3.12. The van der Waals surface area contributed by atoms with Crippen LogP contribution in [0.5, 0.6) is 0 Å². The van der Waals surface area contributed by atoms with Gasteiger partial charge in [-0.15, -0.1) is 0 Å². The lowest BCUT2D eigenvalue weighted by molar-refractivity contribution is 0.203. The van der Waals surface area contributed by atoms with Crippen molar-refractivity contribution in [1.82, 2.24) is 9.80 Å². The van der Waals surface area contributed by atoms with E-state index in [4.69, 9.17) is 28.9 Å². The lowest BCUT2D eigenvalue weighted by Crippen LogP contribution is -2.38. The van der Waals surface area contributed by atoms with Crippen molar-refractivity contribution in [2.24, 2.45) is 5.73 Å². The van der Waals surface area contributed by atoms with Crippen LogP contribution in [0.2, 0.25) is 10.0 Å². The zero-order chi connectivity index (χ0) is 14.8. The topological polar surface area (TPSA) is 32.5 Å². The van der Waals surface area contributed by atoms with Crippen LogP contribution in [0.1, 0.15) is 30.9 Å². The lowest BCUT2D eigenvalue weighted by Gasteiger charge is -2.29. The van der Waals surface area contributed by atoms with Crippen LogP contribution in [0, 0.1) is 0 Å². The Kier molecular flexibility index (Phi) is 5.07. The van der Waals surface area contributed by atoms with Crippen molar-refractivity contribution in [3.8, 4) is 0 Å². The van der Waals surface area contributed by atoms with Crippen LogP contribution in [0.4, 0.5) is 0 Å². The minimum atomic E-state index is 0.197. The molecule has 2 saturated heterocycles. The highest BCUT2D eigenvalue weighted by atomic mass is 35.5.